The summed E-state index contributed by atoms with van der Waals surface area (Å²) in [4.78, 5) is 17.0. The van der Waals surface area contributed by atoms with Gasteiger partial charge in [0.2, 0.25) is 5.88 Å². The van der Waals surface area contributed by atoms with Crippen molar-refractivity contribution < 1.29 is 22.9 Å². The van der Waals surface area contributed by atoms with E-state index in [1.54, 1.807) is 24.3 Å². The summed E-state index contributed by atoms with van der Waals surface area (Å²) < 4.78 is 30.0. The van der Waals surface area contributed by atoms with Gasteiger partial charge in [0.05, 0.1) is 31.6 Å². The third kappa shape index (κ3) is 3.70. The highest BCUT2D eigenvalue weighted by molar-refractivity contribution is 5.92. The third-order valence-corrected chi connectivity index (χ3v) is 5.49. The summed E-state index contributed by atoms with van der Waals surface area (Å²) >= 11 is 0. The summed E-state index contributed by atoms with van der Waals surface area (Å²) in [6, 6.07) is 9.70. The highest BCUT2D eigenvalue weighted by Crippen LogP contribution is 2.37. The number of benzene rings is 1. The molecule has 2 fully saturated rings. The van der Waals surface area contributed by atoms with Crippen LogP contribution < -0.4 is 4.90 Å². The summed E-state index contributed by atoms with van der Waals surface area (Å²) in [5.41, 5.74) is 2.18. The van der Waals surface area contributed by atoms with Crippen molar-refractivity contribution in [1.82, 2.24) is 10.1 Å². The molecule has 3 heterocycles. The molecule has 3 aromatic rings. The first-order valence-electron chi connectivity index (χ1n) is 10.1. The van der Waals surface area contributed by atoms with Gasteiger partial charge in [-0.05, 0) is 49.2 Å². The Bertz CT molecular complexity index is 1010. The molecule has 1 aliphatic heterocycles. The van der Waals surface area contributed by atoms with Crippen molar-refractivity contribution in [1.29, 1.82) is 0 Å². The highest BCUT2D eigenvalue weighted by Gasteiger charge is 2.36. The summed E-state index contributed by atoms with van der Waals surface area (Å²) in [5, 5.41) is 4.30. The lowest BCUT2D eigenvalue weighted by molar-refractivity contribution is 0.0697. The molecule has 1 aromatic carbocycles. The van der Waals surface area contributed by atoms with E-state index in [1.165, 1.54) is 18.4 Å². The molecule has 7 nitrogen and oxygen atoms in total. The molecule has 0 atom stereocenters. The van der Waals surface area contributed by atoms with Gasteiger partial charge >= 0.3 is 0 Å². The van der Waals surface area contributed by atoms with Crippen LogP contribution in [-0.2, 0) is 11.3 Å². The first-order chi connectivity index (χ1) is 14.7. The lowest BCUT2D eigenvalue weighted by atomic mass is 10.1. The monoisotopic (exact) mass is 411 g/mol. The maximum atomic E-state index is 13.5. The molecule has 30 heavy (non-hydrogen) atoms. The second-order valence-corrected chi connectivity index (χ2v) is 7.56. The van der Waals surface area contributed by atoms with Gasteiger partial charge in [-0.15, -0.1) is 0 Å². The fourth-order valence-electron chi connectivity index (χ4n) is 3.76. The minimum absolute atomic E-state index is 0.151. The zero-order chi connectivity index (χ0) is 20.5. The number of halogens is 1. The molecule has 1 aliphatic carbocycles. The maximum Gasteiger partial charge on any atom is 0.290 e. The van der Waals surface area contributed by atoms with Crippen molar-refractivity contribution in [3.63, 3.8) is 0 Å². The Morgan fingerprint density at radius 1 is 1.17 bits per heavy atom. The number of hydrogen-bond donors (Lipinski definition) is 0. The van der Waals surface area contributed by atoms with Crippen molar-refractivity contribution >= 4 is 11.8 Å². The quantitative estimate of drug-likeness (QED) is 0.616. The van der Waals surface area contributed by atoms with Crippen molar-refractivity contribution in [3.05, 3.63) is 59.8 Å². The number of carbonyl (C=O) groups is 1. The Morgan fingerprint density at radius 2 is 1.93 bits per heavy atom. The number of anilines is 1. The van der Waals surface area contributed by atoms with E-state index in [0.29, 0.717) is 50.2 Å². The predicted octanol–water partition coefficient (Wildman–Crippen LogP) is 3.72. The smallest absolute Gasteiger partial charge is 0.290 e. The van der Waals surface area contributed by atoms with Crippen LogP contribution >= 0.6 is 0 Å². The molecular weight excluding hydrogens is 389 g/mol. The molecule has 5 rings (SSSR count). The van der Waals surface area contributed by atoms with E-state index < -0.39 is 0 Å². The maximum absolute atomic E-state index is 13.5. The van der Waals surface area contributed by atoms with Gasteiger partial charge in [0.1, 0.15) is 11.5 Å². The zero-order valence-electron chi connectivity index (χ0n) is 16.4. The molecule has 0 N–H and O–H groups in total. The van der Waals surface area contributed by atoms with E-state index in [4.69, 9.17) is 13.7 Å². The number of aromatic nitrogens is 1. The number of carbonyl (C=O) groups excluding carboxylic acids is 1. The molecule has 1 saturated heterocycles. The van der Waals surface area contributed by atoms with Crippen molar-refractivity contribution in [2.45, 2.75) is 25.4 Å². The number of nitrogens with zero attached hydrogens (tertiary/aromatic N) is 3. The normalized spacial score (nSPS) is 16.6. The van der Waals surface area contributed by atoms with Gasteiger partial charge in [-0.3, -0.25) is 4.79 Å². The van der Waals surface area contributed by atoms with Crippen LogP contribution in [0.15, 0.2) is 51.6 Å². The minimum atomic E-state index is -0.315. The average Bonchev–Trinajstić information content (AvgIpc) is 3.30. The molecule has 0 unspecified atom stereocenters. The summed E-state index contributed by atoms with van der Waals surface area (Å²) in [6.45, 7) is 2.90. The van der Waals surface area contributed by atoms with Crippen molar-refractivity contribution in [2.75, 3.05) is 31.2 Å². The summed E-state index contributed by atoms with van der Waals surface area (Å²) in [7, 11) is 0. The number of ether oxygens (including phenoxy) is 1. The molecular formula is C22H22FN3O4. The molecule has 1 amide bonds. The Labute approximate surface area is 173 Å². The fourth-order valence-corrected chi connectivity index (χ4v) is 3.76. The van der Waals surface area contributed by atoms with Gasteiger partial charge in [0.25, 0.3) is 5.91 Å². The van der Waals surface area contributed by atoms with Crippen LogP contribution in [0.4, 0.5) is 10.3 Å². The van der Waals surface area contributed by atoms with Crippen LogP contribution in [-0.4, -0.2) is 48.3 Å². The lowest BCUT2D eigenvalue weighted by Gasteiger charge is -2.28. The van der Waals surface area contributed by atoms with Crippen LogP contribution in [0.2, 0.25) is 0 Å². The molecule has 0 bridgehead atoms. The number of furan rings is 1. The molecule has 156 valence electrons. The van der Waals surface area contributed by atoms with Crippen LogP contribution in [0.5, 0.6) is 0 Å². The van der Waals surface area contributed by atoms with E-state index in [9.17, 15) is 9.18 Å². The molecule has 0 spiro atoms. The van der Waals surface area contributed by atoms with Crippen LogP contribution in [0.25, 0.3) is 11.3 Å². The van der Waals surface area contributed by atoms with E-state index in [1.807, 2.05) is 4.90 Å². The zero-order valence-corrected chi connectivity index (χ0v) is 16.4. The molecule has 8 heteroatoms. The Kier molecular flexibility index (Phi) is 5.00. The van der Waals surface area contributed by atoms with Gasteiger partial charge in [-0.25, -0.2) is 4.39 Å². The Hall–Kier alpha value is -3.13. The minimum Gasteiger partial charge on any atom is -0.459 e. The lowest BCUT2D eigenvalue weighted by Crippen LogP contribution is -2.37. The van der Waals surface area contributed by atoms with Crippen LogP contribution in [0.3, 0.4) is 0 Å². The van der Waals surface area contributed by atoms with E-state index in [0.717, 1.165) is 24.0 Å². The van der Waals surface area contributed by atoms with Gasteiger partial charge < -0.3 is 23.5 Å². The van der Waals surface area contributed by atoms with Gasteiger partial charge in [-0.1, -0.05) is 5.16 Å². The highest BCUT2D eigenvalue weighted by atomic mass is 19.1. The number of morpholine rings is 1. The number of hydrogen-bond acceptors (Lipinski definition) is 6. The van der Waals surface area contributed by atoms with Crippen LogP contribution in [0.1, 0.15) is 29.0 Å². The largest absolute Gasteiger partial charge is 0.459 e. The molecule has 1 saturated carbocycles. The van der Waals surface area contributed by atoms with E-state index in [2.05, 4.69) is 10.1 Å². The standard InChI is InChI=1S/C22H22FN3O4/c23-16-5-3-15(4-6-16)20-18(22(30-24-20)25-9-12-28-13-10-25)14-26(17-7-8-17)21(27)19-2-1-11-29-19/h1-6,11,17H,7-10,12-14H2. The van der Waals surface area contributed by atoms with Gasteiger partial charge in [0.15, 0.2) is 5.76 Å². The number of rotatable bonds is 6. The Balaban J connectivity index is 1.53. The second kappa shape index (κ2) is 7.95. The van der Waals surface area contributed by atoms with Crippen LogP contribution in [0, 0.1) is 5.82 Å². The van der Waals surface area contributed by atoms with Gasteiger partial charge in [-0.2, -0.15) is 0 Å². The first-order valence-corrected chi connectivity index (χ1v) is 10.1. The van der Waals surface area contributed by atoms with E-state index >= 15 is 0 Å². The molecule has 2 aliphatic rings. The molecule has 2 aromatic heterocycles. The first kappa shape index (κ1) is 18.9. The predicted molar refractivity (Wildman–Crippen MR) is 107 cm³/mol. The topological polar surface area (TPSA) is 72.0 Å². The Morgan fingerprint density at radius 3 is 2.60 bits per heavy atom. The summed E-state index contributed by atoms with van der Waals surface area (Å²) in [5.74, 6) is 0.483. The van der Waals surface area contributed by atoms with E-state index in [-0.39, 0.29) is 17.8 Å². The fraction of sp³-hybridized carbons (Fsp3) is 0.364. The van der Waals surface area contributed by atoms with Crippen molar-refractivity contribution in [3.8, 4) is 11.3 Å². The number of amides is 1. The van der Waals surface area contributed by atoms with Gasteiger partial charge in [0, 0.05) is 24.7 Å². The molecule has 0 radical (unpaired) electrons. The average molecular weight is 411 g/mol. The van der Waals surface area contributed by atoms with Crippen molar-refractivity contribution in [2.24, 2.45) is 0 Å². The second-order valence-electron chi connectivity index (χ2n) is 7.56. The SMILES string of the molecule is O=C(c1ccco1)N(Cc1c(-c2ccc(F)cc2)noc1N1CCOCC1)C1CC1. The third-order valence-electron chi connectivity index (χ3n) is 5.49. The summed E-state index contributed by atoms with van der Waals surface area (Å²) in [6.07, 6.45) is 3.41.